The van der Waals surface area contributed by atoms with E-state index in [-0.39, 0.29) is 0 Å². The SMILES string of the molecule is CC[C@H](C)/C=N/N1CCC[C@@H]1COC. The van der Waals surface area contributed by atoms with Crippen LogP contribution in [-0.2, 0) is 4.74 Å². The Hall–Kier alpha value is -0.570. The molecule has 3 heteroatoms. The molecule has 1 aliphatic heterocycles. The van der Waals surface area contributed by atoms with Crippen LogP contribution in [0.2, 0.25) is 0 Å². The minimum atomic E-state index is 0.500. The van der Waals surface area contributed by atoms with E-state index in [1.54, 1.807) is 7.11 Å². The second-order valence-corrected chi connectivity index (χ2v) is 4.06. The number of nitrogens with zero attached hydrogens (tertiary/aromatic N) is 2. The summed E-state index contributed by atoms with van der Waals surface area (Å²) in [6.07, 6.45) is 5.68. The van der Waals surface area contributed by atoms with Gasteiger partial charge in [-0.15, -0.1) is 0 Å². The van der Waals surface area contributed by atoms with Crippen molar-refractivity contribution >= 4 is 6.21 Å². The Bertz CT molecular complexity index is 182. The van der Waals surface area contributed by atoms with Gasteiger partial charge in [0.15, 0.2) is 0 Å². The standard InChI is InChI=1S/C11H22N2O/c1-4-10(2)8-12-13-7-5-6-11(13)9-14-3/h8,10-11H,4-7,9H2,1-3H3/b12-8+/t10-,11+/m0/s1. The minimum absolute atomic E-state index is 0.500. The van der Waals surface area contributed by atoms with E-state index in [4.69, 9.17) is 4.74 Å². The smallest absolute Gasteiger partial charge is 0.0704 e. The predicted molar refractivity (Wildman–Crippen MR) is 59.6 cm³/mol. The first-order valence-corrected chi connectivity index (χ1v) is 5.57. The minimum Gasteiger partial charge on any atom is -0.382 e. The number of hydrogen-bond acceptors (Lipinski definition) is 3. The Morgan fingerprint density at radius 3 is 3.07 bits per heavy atom. The van der Waals surface area contributed by atoms with Gasteiger partial charge in [0.1, 0.15) is 0 Å². The first-order valence-electron chi connectivity index (χ1n) is 5.57. The van der Waals surface area contributed by atoms with Gasteiger partial charge in [0.25, 0.3) is 0 Å². The number of ether oxygens (including phenoxy) is 1. The summed E-state index contributed by atoms with van der Waals surface area (Å²) >= 11 is 0. The molecule has 1 rings (SSSR count). The van der Waals surface area contributed by atoms with Crippen molar-refractivity contribution < 1.29 is 4.74 Å². The third-order valence-corrected chi connectivity index (χ3v) is 2.82. The maximum absolute atomic E-state index is 5.17. The van der Waals surface area contributed by atoms with Crippen LogP contribution < -0.4 is 0 Å². The molecule has 1 heterocycles. The van der Waals surface area contributed by atoms with Crippen molar-refractivity contribution in [2.24, 2.45) is 11.0 Å². The molecule has 1 aliphatic rings. The molecule has 3 nitrogen and oxygen atoms in total. The quantitative estimate of drug-likeness (QED) is 0.632. The van der Waals surface area contributed by atoms with Crippen LogP contribution in [0, 0.1) is 5.92 Å². The van der Waals surface area contributed by atoms with Crippen LogP contribution in [-0.4, -0.2) is 37.5 Å². The summed E-state index contributed by atoms with van der Waals surface area (Å²) in [5, 5.41) is 6.70. The van der Waals surface area contributed by atoms with Gasteiger partial charge in [0.2, 0.25) is 0 Å². The van der Waals surface area contributed by atoms with Crippen LogP contribution in [0.25, 0.3) is 0 Å². The normalized spacial score (nSPS) is 24.8. The predicted octanol–water partition coefficient (Wildman–Crippen LogP) is 2.13. The maximum Gasteiger partial charge on any atom is 0.0704 e. The Kier molecular flexibility index (Phi) is 4.94. The highest BCUT2D eigenvalue weighted by atomic mass is 16.5. The van der Waals surface area contributed by atoms with Gasteiger partial charge in [-0.2, -0.15) is 5.10 Å². The summed E-state index contributed by atoms with van der Waals surface area (Å²) in [7, 11) is 1.76. The lowest BCUT2D eigenvalue weighted by Gasteiger charge is -2.20. The van der Waals surface area contributed by atoms with Gasteiger partial charge in [-0.1, -0.05) is 13.8 Å². The molecule has 0 saturated carbocycles. The largest absolute Gasteiger partial charge is 0.382 e. The first kappa shape index (κ1) is 11.5. The second kappa shape index (κ2) is 6.02. The fourth-order valence-corrected chi connectivity index (χ4v) is 1.64. The molecule has 1 fully saturated rings. The average molecular weight is 198 g/mol. The molecule has 0 radical (unpaired) electrons. The summed E-state index contributed by atoms with van der Waals surface area (Å²) < 4.78 is 5.17. The molecule has 0 spiro atoms. The summed E-state index contributed by atoms with van der Waals surface area (Å²) in [5.74, 6) is 0.582. The van der Waals surface area contributed by atoms with E-state index >= 15 is 0 Å². The zero-order valence-corrected chi connectivity index (χ0v) is 9.57. The molecule has 1 saturated heterocycles. The summed E-state index contributed by atoms with van der Waals surface area (Å²) in [6.45, 7) is 6.27. The van der Waals surface area contributed by atoms with Crippen LogP contribution in [0.15, 0.2) is 5.10 Å². The lowest BCUT2D eigenvalue weighted by Crippen LogP contribution is -2.28. The molecule has 0 amide bonds. The first-order chi connectivity index (χ1) is 6.77. The van der Waals surface area contributed by atoms with Gasteiger partial charge in [-0.3, -0.25) is 5.01 Å². The third-order valence-electron chi connectivity index (χ3n) is 2.82. The molecule has 0 unspecified atom stereocenters. The monoisotopic (exact) mass is 198 g/mol. The van der Waals surface area contributed by atoms with Crippen molar-refractivity contribution in [1.82, 2.24) is 5.01 Å². The summed E-state index contributed by atoms with van der Waals surface area (Å²) in [6, 6.07) is 0.500. The van der Waals surface area contributed by atoms with Gasteiger partial charge in [0.05, 0.1) is 12.6 Å². The summed E-state index contributed by atoms with van der Waals surface area (Å²) in [5.41, 5.74) is 0. The Morgan fingerprint density at radius 1 is 1.64 bits per heavy atom. The highest BCUT2D eigenvalue weighted by Crippen LogP contribution is 2.17. The van der Waals surface area contributed by atoms with Crippen molar-refractivity contribution in [1.29, 1.82) is 0 Å². The molecule has 0 aromatic rings. The van der Waals surface area contributed by atoms with E-state index in [2.05, 4.69) is 30.2 Å². The van der Waals surface area contributed by atoms with Crippen molar-refractivity contribution in [3.63, 3.8) is 0 Å². The number of rotatable bonds is 5. The van der Waals surface area contributed by atoms with Crippen molar-refractivity contribution in [2.45, 2.75) is 39.2 Å². The topological polar surface area (TPSA) is 24.8 Å². The van der Waals surface area contributed by atoms with E-state index in [9.17, 15) is 0 Å². The Morgan fingerprint density at radius 2 is 2.43 bits per heavy atom. The molecule has 0 N–H and O–H groups in total. The van der Waals surface area contributed by atoms with Gasteiger partial charge in [-0.25, -0.2) is 0 Å². The maximum atomic E-state index is 5.17. The van der Waals surface area contributed by atoms with E-state index in [0.717, 1.165) is 19.6 Å². The van der Waals surface area contributed by atoms with Crippen LogP contribution in [0.3, 0.4) is 0 Å². The van der Waals surface area contributed by atoms with Gasteiger partial charge in [0, 0.05) is 19.9 Å². The molecule has 0 aliphatic carbocycles. The highest BCUT2D eigenvalue weighted by molar-refractivity contribution is 5.59. The second-order valence-electron chi connectivity index (χ2n) is 4.06. The molecule has 0 aromatic carbocycles. The van der Waals surface area contributed by atoms with E-state index in [0.29, 0.717) is 12.0 Å². The fourth-order valence-electron chi connectivity index (χ4n) is 1.64. The zero-order valence-electron chi connectivity index (χ0n) is 9.57. The third kappa shape index (κ3) is 3.29. The van der Waals surface area contributed by atoms with Gasteiger partial charge in [-0.05, 0) is 25.2 Å². The molecular weight excluding hydrogens is 176 g/mol. The Balaban J connectivity index is 2.38. The van der Waals surface area contributed by atoms with Crippen molar-refractivity contribution in [3.8, 4) is 0 Å². The fraction of sp³-hybridized carbons (Fsp3) is 0.909. The molecular formula is C11H22N2O. The van der Waals surface area contributed by atoms with E-state index in [1.165, 1.54) is 12.8 Å². The molecule has 14 heavy (non-hydrogen) atoms. The van der Waals surface area contributed by atoms with Gasteiger partial charge < -0.3 is 4.74 Å². The highest BCUT2D eigenvalue weighted by Gasteiger charge is 2.22. The van der Waals surface area contributed by atoms with Crippen LogP contribution in [0.5, 0.6) is 0 Å². The lowest BCUT2D eigenvalue weighted by atomic mass is 10.1. The molecule has 0 aromatic heterocycles. The van der Waals surface area contributed by atoms with Crippen molar-refractivity contribution in [3.05, 3.63) is 0 Å². The molecule has 2 atom stereocenters. The van der Waals surface area contributed by atoms with Gasteiger partial charge >= 0.3 is 0 Å². The van der Waals surface area contributed by atoms with Crippen LogP contribution in [0.4, 0.5) is 0 Å². The molecule has 82 valence electrons. The number of methoxy groups -OCH3 is 1. The van der Waals surface area contributed by atoms with Crippen molar-refractivity contribution in [2.75, 3.05) is 20.3 Å². The molecule has 0 bridgehead atoms. The van der Waals surface area contributed by atoms with E-state index < -0.39 is 0 Å². The van der Waals surface area contributed by atoms with E-state index in [1.807, 2.05) is 0 Å². The Labute approximate surface area is 87.1 Å². The lowest BCUT2D eigenvalue weighted by molar-refractivity contribution is 0.118. The van der Waals surface area contributed by atoms with Crippen LogP contribution in [0.1, 0.15) is 33.1 Å². The number of hydrazone groups is 1. The zero-order chi connectivity index (χ0) is 10.4. The number of hydrogen-bond donors (Lipinski definition) is 0. The average Bonchev–Trinajstić information content (AvgIpc) is 2.62. The van der Waals surface area contributed by atoms with Crippen LogP contribution >= 0.6 is 0 Å². The summed E-state index contributed by atoms with van der Waals surface area (Å²) in [4.78, 5) is 0.